The van der Waals surface area contributed by atoms with Gasteiger partial charge in [-0.2, -0.15) is 9.78 Å². The summed E-state index contributed by atoms with van der Waals surface area (Å²) in [6, 6.07) is 11.4. The highest BCUT2D eigenvalue weighted by atomic mass is 32.2. The van der Waals surface area contributed by atoms with Crippen molar-refractivity contribution in [2.45, 2.75) is 23.1 Å². The van der Waals surface area contributed by atoms with Crippen LogP contribution in [0, 0.1) is 11.6 Å². The van der Waals surface area contributed by atoms with Crippen LogP contribution in [0.15, 0.2) is 64.4 Å². The number of hydrogen-bond donors (Lipinski definition) is 1. The lowest BCUT2D eigenvalue weighted by molar-refractivity contribution is 0.0992. The maximum Gasteiger partial charge on any atom is 0.435 e. The molecule has 1 fully saturated rings. The van der Waals surface area contributed by atoms with E-state index >= 15 is 0 Å². The van der Waals surface area contributed by atoms with Gasteiger partial charge in [-0.25, -0.2) is 22.0 Å². The number of carbonyl (C=O) groups excluding carboxylic acids is 2. The first-order valence-corrected chi connectivity index (χ1v) is 16.2. The van der Waals surface area contributed by atoms with Gasteiger partial charge in [0.15, 0.2) is 5.78 Å². The number of benzene rings is 3. The number of ether oxygens (including phenoxy) is 2. The molecule has 0 amide bonds. The summed E-state index contributed by atoms with van der Waals surface area (Å²) in [6.07, 6.45) is -1.10. The number of nitrogens with zero attached hydrogens (tertiary/aromatic N) is 4. The normalized spacial score (nSPS) is 14.1. The van der Waals surface area contributed by atoms with Crippen LogP contribution in [0.2, 0.25) is 0 Å². The number of fused-ring (bicyclic) bond motifs is 1. The number of likely N-dealkylation sites (N-methyl/N-ethyl adjacent to an activating group) is 1. The van der Waals surface area contributed by atoms with Crippen molar-refractivity contribution in [1.29, 1.82) is 0 Å². The molecule has 1 aliphatic heterocycles. The fourth-order valence-electron chi connectivity index (χ4n) is 5.32. The monoisotopic (exact) mass is 655 g/mol. The molecule has 1 saturated heterocycles. The second kappa shape index (κ2) is 13.9. The summed E-state index contributed by atoms with van der Waals surface area (Å²) in [5.74, 6) is -2.43. The molecule has 1 aromatic heterocycles. The Balaban J connectivity index is 1.54. The summed E-state index contributed by atoms with van der Waals surface area (Å²) >= 11 is 0. The van der Waals surface area contributed by atoms with E-state index in [1.807, 2.05) is 12.1 Å². The van der Waals surface area contributed by atoms with Gasteiger partial charge < -0.3 is 24.6 Å². The first-order valence-electron chi connectivity index (χ1n) is 14.7. The number of hydrogen-bond acceptors (Lipinski definition) is 10. The number of methoxy groups -OCH3 is 1. The zero-order valence-corrected chi connectivity index (χ0v) is 26.6. The van der Waals surface area contributed by atoms with Crippen molar-refractivity contribution in [3.8, 4) is 0 Å². The number of halogens is 2. The van der Waals surface area contributed by atoms with Crippen molar-refractivity contribution in [2.75, 3.05) is 70.3 Å². The molecular weight excluding hydrogens is 620 g/mol. The number of carbonyl (C=O) groups is 2. The Morgan fingerprint density at radius 2 is 1.67 bits per heavy atom. The lowest BCUT2D eigenvalue weighted by Crippen LogP contribution is -2.44. The van der Waals surface area contributed by atoms with E-state index in [1.165, 1.54) is 18.2 Å². The summed E-state index contributed by atoms with van der Waals surface area (Å²) in [4.78, 5) is 30.3. The smallest absolute Gasteiger partial charge is 0.435 e. The van der Waals surface area contributed by atoms with E-state index in [9.17, 15) is 26.8 Å². The number of nitrogens with one attached hydrogen (secondary N) is 1. The largest absolute Gasteiger partial charge is 0.448 e. The molecule has 2 heterocycles. The van der Waals surface area contributed by atoms with E-state index in [1.54, 1.807) is 20.1 Å². The van der Waals surface area contributed by atoms with Crippen LogP contribution in [-0.2, 0) is 25.7 Å². The molecule has 11 nitrogen and oxygen atoms in total. The minimum atomic E-state index is -4.38. The average Bonchev–Trinajstić information content (AvgIpc) is 3.38. The summed E-state index contributed by atoms with van der Waals surface area (Å²) in [5.41, 5.74) is 2.28. The number of rotatable bonds is 11. The van der Waals surface area contributed by atoms with Gasteiger partial charge in [0.05, 0.1) is 40.6 Å². The number of anilines is 2. The SMILES string of the molecule is CCOC(=O)n1nc(CC(=O)c2ccc(N3CCN(C)CC3)cc2NCCOC)c2cc(S(=O)(=O)c3cc(F)cc(F)c3)ccc21. The Hall–Kier alpha value is -4.40. The second-order valence-electron chi connectivity index (χ2n) is 10.9. The molecule has 1 aliphatic rings. The molecule has 0 aliphatic carbocycles. The minimum absolute atomic E-state index is 0.0577. The minimum Gasteiger partial charge on any atom is -0.448 e. The van der Waals surface area contributed by atoms with E-state index in [0.717, 1.165) is 48.7 Å². The third-order valence-corrected chi connectivity index (χ3v) is 9.48. The molecule has 46 heavy (non-hydrogen) atoms. The highest BCUT2D eigenvalue weighted by molar-refractivity contribution is 7.91. The molecule has 0 atom stereocenters. The lowest BCUT2D eigenvalue weighted by Gasteiger charge is -2.34. The molecule has 1 N–H and O–H groups in total. The third kappa shape index (κ3) is 7.03. The maximum absolute atomic E-state index is 13.9. The highest BCUT2D eigenvalue weighted by Crippen LogP contribution is 2.30. The van der Waals surface area contributed by atoms with Gasteiger partial charge in [-0.1, -0.05) is 0 Å². The summed E-state index contributed by atoms with van der Waals surface area (Å²) in [5, 5.41) is 7.83. The predicted octanol–water partition coefficient (Wildman–Crippen LogP) is 4.39. The Labute approximate surface area is 265 Å². The van der Waals surface area contributed by atoms with Gasteiger partial charge in [-0.3, -0.25) is 4.79 Å². The number of aromatic nitrogens is 2. The summed E-state index contributed by atoms with van der Waals surface area (Å²) in [7, 11) is -0.725. The van der Waals surface area contributed by atoms with E-state index in [0.29, 0.717) is 30.5 Å². The number of sulfone groups is 1. The average molecular weight is 656 g/mol. The Morgan fingerprint density at radius 3 is 2.35 bits per heavy atom. The van der Waals surface area contributed by atoms with Gasteiger partial charge in [0.25, 0.3) is 0 Å². The number of piperazine rings is 1. The molecule has 0 radical (unpaired) electrons. The van der Waals surface area contributed by atoms with E-state index < -0.39 is 32.5 Å². The molecule has 0 saturated carbocycles. The van der Waals surface area contributed by atoms with Gasteiger partial charge >= 0.3 is 6.09 Å². The van der Waals surface area contributed by atoms with E-state index in [4.69, 9.17) is 9.47 Å². The summed E-state index contributed by atoms with van der Waals surface area (Å²) in [6.45, 7) is 6.05. The van der Waals surface area contributed by atoms with E-state index in [-0.39, 0.29) is 40.3 Å². The van der Waals surface area contributed by atoms with Crippen molar-refractivity contribution >= 4 is 44.0 Å². The molecule has 0 unspecified atom stereocenters. The Morgan fingerprint density at radius 1 is 0.957 bits per heavy atom. The van der Waals surface area contributed by atoms with Crippen LogP contribution >= 0.6 is 0 Å². The fourth-order valence-corrected chi connectivity index (χ4v) is 6.65. The van der Waals surface area contributed by atoms with Crippen molar-refractivity contribution < 1.29 is 36.3 Å². The van der Waals surface area contributed by atoms with Gasteiger partial charge in [0.1, 0.15) is 11.6 Å². The number of ketones is 1. The highest BCUT2D eigenvalue weighted by Gasteiger charge is 2.25. The van der Waals surface area contributed by atoms with Gasteiger partial charge in [0, 0.05) is 68.2 Å². The Bertz CT molecular complexity index is 1850. The maximum atomic E-state index is 13.9. The van der Waals surface area contributed by atoms with Crippen molar-refractivity contribution in [2.24, 2.45) is 0 Å². The van der Waals surface area contributed by atoms with Crippen LogP contribution < -0.4 is 10.2 Å². The standard InChI is InChI=1S/C32H35F2N5O6S/c1-4-45-32(41)39-30-8-6-24(46(42,43)25-16-21(33)15-22(34)17-25)19-27(30)29(36-39)20-31(40)26-7-5-23(18-28(26)35-9-14-44-3)38-12-10-37(2)11-13-38/h5-8,15-19,35H,4,9-14,20H2,1-3H3. The van der Waals surface area contributed by atoms with Crippen molar-refractivity contribution in [3.05, 3.63) is 77.5 Å². The van der Waals surface area contributed by atoms with Crippen LogP contribution in [0.4, 0.5) is 25.0 Å². The molecule has 5 rings (SSSR count). The van der Waals surface area contributed by atoms with Gasteiger partial charge in [0.2, 0.25) is 9.84 Å². The molecule has 244 valence electrons. The van der Waals surface area contributed by atoms with Gasteiger partial charge in [-0.05, 0) is 62.5 Å². The third-order valence-electron chi connectivity index (χ3n) is 7.75. The molecule has 3 aromatic carbocycles. The zero-order chi connectivity index (χ0) is 33.0. The molecule has 0 spiro atoms. The van der Waals surface area contributed by atoms with Crippen LogP contribution in [0.25, 0.3) is 10.9 Å². The van der Waals surface area contributed by atoms with Crippen LogP contribution in [0.3, 0.4) is 0 Å². The molecule has 4 aromatic rings. The lowest BCUT2D eigenvalue weighted by atomic mass is 10.0. The molecule has 0 bridgehead atoms. The Kier molecular flexibility index (Phi) is 9.99. The quantitative estimate of drug-likeness (QED) is 0.184. The van der Waals surface area contributed by atoms with Gasteiger partial charge in [-0.15, -0.1) is 0 Å². The van der Waals surface area contributed by atoms with Crippen molar-refractivity contribution in [3.63, 3.8) is 0 Å². The summed E-state index contributed by atoms with van der Waals surface area (Å²) < 4.78 is 65.9. The van der Waals surface area contributed by atoms with Crippen LogP contribution in [0.1, 0.15) is 23.0 Å². The van der Waals surface area contributed by atoms with Crippen LogP contribution in [-0.4, -0.2) is 95.1 Å². The first kappa shape index (κ1) is 33.0. The first-order chi connectivity index (χ1) is 22.0. The van der Waals surface area contributed by atoms with Crippen molar-refractivity contribution in [1.82, 2.24) is 14.7 Å². The zero-order valence-electron chi connectivity index (χ0n) is 25.8. The van der Waals surface area contributed by atoms with Crippen LogP contribution in [0.5, 0.6) is 0 Å². The number of Topliss-reactive ketones (excluding diaryl/α,β-unsaturated/α-hetero) is 1. The fraction of sp³-hybridized carbons (Fsp3) is 0.344. The molecule has 14 heteroatoms. The predicted molar refractivity (Wildman–Crippen MR) is 169 cm³/mol. The molecular formula is C32H35F2N5O6S. The topological polar surface area (TPSA) is 123 Å². The van der Waals surface area contributed by atoms with E-state index in [2.05, 4.69) is 27.3 Å². The second-order valence-corrected chi connectivity index (χ2v) is 12.8.